The van der Waals surface area contributed by atoms with E-state index >= 15 is 0 Å². The van der Waals surface area contributed by atoms with Gasteiger partial charge in [0.25, 0.3) is 5.91 Å². The molecule has 0 radical (unpaired) electrons. The number of morpholine rings is 1. The summed E-state index contributed by atoms with van der Waals surface area (Å²) in [6.07, 6.45) is 4.73. The van der Waals surface area contributed by atoms with Crippen LogP contribution in [0.2, 0.25) is 0 Å². The van der Waals surface area contributed by atoms with Gasteiger partial charge in [-0.1, -0.05) is 56.7 Å². The third kappa shape index (κ3) is 6.80. The number of aromatic hydroxyl groups is 1. The molecular formula is C30H36N2O5. The summed E-state index contributed by atoms with van der Waals surface area (Å²) in [4.78, 5) is 26.6. The van der Waals surface area contributed by atoms with Crippen LogP contribution in [0.5, 0.6) is 5.75 Å². The van der Waals surface area contributed by atoms with Gasteiger partial charge in [0.2, 0.25) is 5.91 Å². The number of phenolic OH excluding ortho intramolecular Hbond substituents is 1. The van der Waals surface area contributed by atoms with Crippen molar-refractivity contribution in [2.24, 2.45) is 0 Å². The Kier molecular flexibility index (Phi) is 8.66. The van der Waals surface area contributed by atoms with Gasteiger partial charge in [0, 0.05) is 31.6 Å². The standard InChI is InChI=1S/C30H36N2O5/c1-30(2,14-6-5-11-28(34)32-15-18-36-19-16-32)23-12-13-25(26(33)20-23)24-9-4-3-8-22(24)21-31-29(35)27-10-7-17-37-27/h3-4,7-10,12-13,17,20,33H,5-6,11,14-16,18-19,21H2,1-2H3,(H,31,35). The maximum absolute atomic E-state index is 12.4. The summed E-state index contributed by atoms with van der Waals surface area (Å²) in [5.41, 5.74) is 3.39. The average Bonchev–Trinajstić information content (AvgIpc) is 3.46. The highest BCUT2D eigenvalue weighted by atomic mass is 16.5. The molecule has 0 unspecified atom stereocenters. The second-order valence-electron chi connectivity index (χ2n) is 10.1. The summed E-state index contributed by atoms with van der Waals surface area (Å²) in [7, 11) is 0. The van der Waals surface area contributed by atoms with Gasteiger partial charge in [0.15, 0.2) is 5.76 Å². The summed E-state index contributed by atoms with van der Waals surface area (Å²) in [5.74, 6) is 0.394. The van der Waals surface area contributed by atoms with Crippen LogP contribution >= 0.6 is 0 Å². The third-order valence-corrected chi connectivity index (χ3v) is 7.08. The zero-order chi connectivity index (χ0) is 26.3. The smallest absolute Gasteiger partial charge is 0.287 e. The second-order valence-corrected chi connectivity index (χ2v) is 10.1. The number of phenols is 1. The van der Waals surface area contributed by atoms with Gasteiger partial charge in [0.1, 0.15) is 5.75 Å². The van der Waals surface area contributed by atoms with E-state index in [4.69, 9.17) is 9.15 Å². The molecule has 0 atom stereocenters. The number of benzene rings is 2. The molecule has 0 aliphatic carbocycles. The van der Waals surface area contributed by atoms with Crippen LogP contribution < -0.4 is 5.32 Å². The Morgan fingerprint density at radius 2 is 1.78 bits per heavy atom. The Morgan fingerprint density at radius 3 is 2.51 bits per heavy atom. The Balaban J connectivity index is 1.37. The molecular weight excluding hydrogens is 468 g/mol. The molecule has 0 spiro atoms. The number of nitrogens with one attached hydrogen (secondary N) is 1. The fourth-order valence-electron chi connectivity index (χ4n) is 4.75. The van der Waals surface area contributed by atoms with Crippen LogP contribution in [0.15, 0.2) is 65.3 Å². The molecule has 0 bridgehead atoms. The van der Waals surface area contributed by atoms with Crippen molar-refractivity contribution in [2.75, 3.05) is 26.3 Å². The molecule has 0 saturated carbocycles. The number of carbonyl (C=O) groups is 2. The molecule has 2 N–H and O–H groups in total. The molecule has 2 aromatic carbocycles. The van der Waals surface area contributed by atoms with E-state index < -0.39 is 0 Å². The Morgan fingerprint density at radius 1 is 1.00 bits per heavy atom. The first-order valence-corrected chi connectivity index (χ1v) is 12.9. The predicted octanol–water partition coefficient (Wildman–Crippen LogP) is 5.28. The van der Waals surface area contributed by atoms with Crippen LogP contribution in [-0.2, 0) is 21.5 Å². The van der Waals surface area contributed by atoms with Crippen molar-refractivity contribution < 1.29 is 23.8 Å². The average molecular weight is 505 g/mol. The van der Waals surface area contributed by atoms with Crippen molar-refractivity contribution in [3.63, 3.8) is 0 Å². The van der Waals surface area contributed by atoms with Gasteiger partial charge in [0.05, 0.1) is 19.5 Å². The van der Waals surface area contributed by atoms with Crippen LogP contribution in [0.3, 0.4) is 0 Å². The van der Waals surface area contributed by atoms with E-state index in [9.17, 15) is 14.7 Å². The molecule has 1 fully saturated rings. The maximum Gasteiger partial charge on any atom is 0.287 e. The third-order valence-electron chi connectivity index (χ3n) is 7.08. The monoisotopic (exact) mass is 504 g/mol. The van der Waals surface area contributed by atoms with Crippen LogP contribution in [0.1, 0.15) is 61.2 Å². The first kappa shape index (κ1) is 26.5. The molecule has 1 aromatic heterocycles. The van der Waals surface area contributed by atoms with Crippen molar-refractivity contribution in [1.82, 2.24) is 10.2 Å². The zero-order valence-electron chi connectivity index (χ0n) is 21.7. The molecule has 37 heavy (non-hydrogen) atoms. The summed E-state index contributed by atoms with van der Waals surface area (Å²) in [5, 5.41) is 13.9. The Hall–Kier alpha value is -3.58. The van der Waals surface area contributed by atoms with Crippen molar-refractivity contribution in [3.05, 3.63) is 77.7 Å². The fourth-order valence-corrected chi connectivity index (χ4v) is 4.75. The molecule has 1 aliphatic rings. The number of hydrogen-bond donors (Lipinski definition) is 2. The number of furan rings is 1. The van der Waals surface area contributed by atoms with Gasteiger partial charge < -0.3 is 24.5 Å². The SMILES string of the molecule is CC(C)(CCCCC(=O)N1CCOCC1)c1ccc(-c2ccccc2CNC(=O)c2ccco2)c(O)c1. The van der Waals surface area contributed by atoms with E-state index in [0.29, 0.717) is 39.3 Å². The number of hydrogen-bond acceptors (Lipinski definition) is 5. The molecule has 3 aromatic rings. The first-order valence-electron chi connectivity index (χ1n) is 12.9. The predicted molar refractivity (Wildman–Crippen MR) is 142 cm³/mol. The summed E-state index contributed by atoms with van der Waals surface area (Å²) in [6.45, 7) is 7.29. The van der Waals surface area contributed by atoms with Crippen LogP contribution in [0.25, 0.3) is 11.1 Å². The molecule has 7 nitrogen and oxygen atoms in total. The molecule has 1 aliphatic heterocycles. The van der Waals surface area contributed by atoms with Crippen LogP contribution in [-0.4, -0.2) is 48.1 Å². The lowest BCUT2D eigenvalue weighted by Crippen LogP contribution is -2.40. The minimum absolute atomic E-state index is 0.144. The maximum atomic E-state index is 12.4. The highest BCUT2D eigenvalue weighted by Gasteiger charge is 2.23. The van der Waals surface area contributed by atoms with Gasteiger partial charge in [-0.2, -0.15) is 0 Å². The summed E-state index contributed by atoms with van der Waals surface area (Å²) < 4.78 is 10.5. The van der Waals surface area contributed by atoms with Gasteiger partial charge >= 0.3 is 0 Å². The van der Waals surface area contributed by atoms with Crippen LogP contribution in [0.4, 0.5) is 0 Å². The van der Waals surface area contributed by atoms with E-state index in [1.165, 1.54) is 6.26 Å². The van der Waals surface area contributed by atoms with Gasteiger partial charge in [-0.25, -0.2) is 0 Å². The number of ether oxygens (including phenoxy) is 1. The van der Waals surface area contributed by atoms with Gasteiger partial charge in [-0.3, -0.25) is 9.59 Å². The molecule has 7 heteroatoms. The normalized spacial score (nSPS) is 13.9. The summed E-state index contributed by atoms with van der Waals surface area (Å²) >= 11 is 0. The van der Waals surface area contributed by atoms with Gasteiger partial charge in [-0.05, 0) is 53.1 Å². The van der Waals surface area contributed by atoms with Crippen molar-refractivity contribution in [2.45, 2.75) is 51.5 Å². The number of carbonyl (C=O) groups excluding carboxylic acids is 2. The van der Waals surface area contributed by atoms with E-state index in [1.807, 2.05) is 41.3 Å². The van der Waals surface area contributed by atoms with E-state index in [0.717, 1.165) is 41.5 Å². The summed E-state index contributed by atoms with van der Waals surface area (Å²) in [6, 6.07) is 16.9. The molecule has 4 rings (SSSR count). The quantitative estimate of drug-likeness (QED) is 0.367. The Labute approximate surface area is 218 Å². The van der Waals surface area contributed by atoms with Crippen molar-refractivity contribution in [3.8, 4) is 16.9 Å². The highest BCUT2D eigenvalue weighted by molar-refractivity contribution is 5.91. The lowest BCUT2D eigenvalue weighted by molar-refractivity contribution is -0.135. The van der Waals surface area contributed by atoms with Gasteiger partial charge in [-0.15, -0.1) is 0 Å². The minimum atomic E-state index is -0.284. The number of amides is 2. The second kappa shape index (κ2) is 12.1. The largest absolute Gasteiger partial charge is 0.507 e. The van der Waals surface area contributed by atoms with E-state index in [1.54, 1.807) is 12.1 Å². The number of unbranched alkanes of at least 4 members (excludes halogenated alkanes) is 1. The highest BCUT2D eigenvalue weighted by Crippen LogP contribution is 2.37. The van der Waals surface area contributed by atoms with E-state index in [-0.39, 0.29) is 28.7 Å². The van der Waals surface area contributed by atoms with Crippen molar-refractivity contribution >= 4 is 11.8 Å². The lowest BCUT2D eigenvalue weighted by atomic mass is 9.79. The number of rotatable bonds is 10. The fraction of sp³-hybridized carbons (Fsp3) is 0.400. The molecule has 196 valence electrons. The van der Waals surface area contributed by atoms with Crippen LogP contribution in [0, 0.1) is 0 Å². The Bertz CT molecular complexity index is 1200. The molecule has 2 amide bonds. The van der Waals surface area contributed by atoms with E-state index in [2.05, 4.69) is 25.2 Å². The first-order chi connectivity index (χ1) is 17.8. The molecule has 1 saturated heterocycles. The lowest BCUT2D eigenvalue weighted by Gasteiger charge is -2.28. The minimum Gasteiger partial charge on any atom is -0.507 e. The zero-order valence-corrected chi connectivity index (χ0v) is 21.7. The number of nitrogens with zero attached hydrogens (tertiary/aromatic N) is 1. The topological polar surface area (TPSA) is 92.0 Å². The molecule has 2 heterocycles. The van der Waals surface area contributed by atoms with Crippen molar-refractivity contribution in [1.29, 1.82) is 0 Å².